The topological polar surface area (TPSA) is 37.3 Å². The van der Waals surface area contributed by atoms with E-state index in [1.807, 2.05) is 32.0 Å². The molecule has 0 amide bonds. The van der Waals surface area contributed by atoms with Gasteiger partial charge in [0.05, 0.1) is 0 Å². The number of hydrogen-bond acceptors (Lipinski definition) is 2. The number of benzene rings is 1. The summed E-state index contributed by atoms with van der Waals surface area (Å²) in [6, 6.07) is 7.52. The van der Waals surface area contributed by atoms with Crippen LogP contribution >= 0.6 is 0 Å². The molecule has 2 nitrogen and oxygen atoms in total. The third-order valence-corrected chi connectivity index (χ3v) is 3.19. The predicted molar refractivity (Wildman–Crippen MR) is 65.7 cm³/mol. The highest BCUT2D eigenvalue weighted by molar-refractivity contribution is 6.02. The third kappa shape index (κ3) is 2.50. The number of aliphatic hydroxyl groups is 1. The van der Waals surface area contributed by atoms with Crippen molar-refractivity contribution in [1.29, 1.82) is 0 Å². The number of hydrogen-bond donors (Lipinski definition) is 1. The molecule has 1 N–H and O–H groups in total. The molecule has 0 aliphatic rings. The van der Waals surface area contributed by atoms with E-state index in [9.17, 15) is 9.90 Å². The van der Waals surface area contributed by atoms with Crippen molar-refractivity contribution in [3.8, 4) is 0 Å². The summed E-state index contributed by atoms with van der Waals surface area (Å²) in [5.74, 6) is -0.159. The summed E-state index contributed by atoms with van der Waals surface area (Å²) >= 11 is 0. The zero-order valence-corrected chi connectivity index (χ0v) is 10.3. The van der Waals surface area contributed by atoms with Crippen molar-refractivity contribution in [2.45, 2.75) is 45.6 Å². The van der Waals surface area contributed by atoms with Crippen LogP contribution in [0.3, 0.4) is 0 Å². The first-order valence-electron chi connectivity index (χ1n) is 5.93. The fourth-order valence-electron chi connectivity index (χ4n) is 1.77. The second-order valence-corrected chi connectivity index (χ2v) is 4.12. The van der Waals surface area contributed by atoms with Crippen molar-refractivity contribution >= 4 is 5.78 Å². The molecule has 2 heteroatoms. The minimum Gasteiger partial charge on any atom is -0.382 e. The van der Waals surface area contributed by atoms with Crippen LogP contribution in [-0.4, -0.2) is 16.5 Å². The lowest BCUT2D eigenvalue weighted by Gasteiger charge is -2.23. The van der Waals surface area contributed by atoms with E-state index in [0.29, 0.717) is 18.4 Å². The quantitative estimate of drug-likeness (QED) is 0.774. The van der Waals surface area contributed by atoms with Crippen LogP contribution in [0.1, 0.15) is 49.5 Å². The summed E-state index contributed by atoms with van der Waals surface area (Å²) in [7, 11) is 0. The Labute approximate surface area is 97.3 Å². The van der Waals surface area contributed by atoms with Crippen molar-refractivity contribution in [3.05, 3.63) is 35.4 Å². The molecular formula is C14H20O2. The van der Waals surface area contributed by atoms with E-state index < -0.39 is 5.60 Å². The molecule has 1 aromatic rings. The Morgan fingerprint density at radius 1 is 1.25 bits per heavy atom. The number of carbonyl (C=O) groups excluding carboxylic acids is 1. The Morgan fingerprint density at radius 2 is 1.88 bits per heavy atom. The highest BCUT2D eigenvalue weighted by Gasteiger charge is 2.32. The van der Waals surface area contributed by atoms with Crippen LogP contribution in [0.4, 0.5) is 0 Å². The van der Waals surface area contributed by atoms with Crippen LogP contribution in [0.2, 0.25) is 0 Å². The second kappa shape index (κ2) is 5.26. The molecular weight excluding hydrogens is 200 g/mol. The van der Waals surface area contributed by atoms with Crippen molar-refractivity contribution in [3.63, 3.8) is 0 Å². The van der Waals surface area contributed by atoms with Crippen LogP contribution in [0, 0.1) is 0 Å². The van der Waals surface area contributed by atoms with Crippen molar-refractivity contribution in [2.24, 2.45) is 0 Å². The van der Waals surface area contributed by atoms with Gasteiger partial charge >= 0.3 is 0 Å². The normalized spacial score (nSPS) is 11.5. The average molecular weight is 220 g/mol. The molecule has 0 aliphatic heterocycles. The number of aryl methyl sites for hydroxylation is 1. The summed E-state index contributed by atoms with van der Waals surface area (Å²) < 4.78 is 0. The van der Waals surface area contributed by atoms with Gasteiger partial charge in [0, 0.05) is 5.56 Å². The van der Waals surface area contributed by atoms with E-state index >= 15 is 0 Å². The molecule has 1 rings (SSSR count). The Balaban J connectivity index is 3.04. The minimum atomic E-state index is -1.20. The van der Waals surface area contributed by atoms with Gasteiger partial charge in [0.2, 0.25) is 0 Å². The Kier molecular flexibility index (Phi) is 4.25. The predicted octanol–water partition coefficient (Wildman–Crippen LogP) is 2.98. The molecule has 0 saturated heterocycles. The van der Waals surface area contributed by atoms with Gasteiger partial charge in [-0.25, -0.2) is 0 Å². The lowest BCUT2D eigenvalue weighted by molar-refractivity contribution is 0.0277. The third-order valence-electron chi connectivity index (χ3n) is 3.19. The lowest BCUT2D eigenvalue weighted by Crippen LogP contribution is -2.37. The molecule has 0 aromatic heterocycles. The molecule has 0 spiro atoms. The van der Waals surface area contributed by atoms with Crippen molar-refractivity contribution in [2.75, 3.05) is 0 Å². The first kappa shape index (κ1) is 12.9. The van der Waals surface area contributed by atoms with Gasteiger partial charge in [-0.1, -0.05) is 39.0 Å². The SMILES string of the molecule is CCc1cccc(C(=O)C(O)(CC)CC)c1. The van der Waals surface area contributed by atoms with Crippen molar-refractivity contribution in [1.82, 2.24) is 0 Å². The maximum Gasteiger partial charge on any atom is 0.194 e. The van der Waals surface area contributed by atoms with Gasteiger partial charge in [0.25, 0.3) is 0 Å². The summed E-state index contributed by atoms with van der Waals surface area (Å²) in [6.07, 6.45) is 1.81. The molecule has 16 heavy (non-hydrogen) atoms. The van der Waals surface area contributed by atoms with Gasteiger partial charge in [-0.2, -0.15) is 0 Å². The second-order valence-electron chi connectivity index (χ2n) is 4.12. The van der Waals surface area contributed by atoms with E-state index in [-0.39, 0.29) is 5.78 Å². The Bertz CT molecular complexity index is 365. The first-order chi connectivity index (χ1) is 7.57. The Hall–Kier alpha value is -1.15. The summed E-state index contributed by atoms with van der Waals surface area (Å²) in [6.45, 7) is 5.73. The first-order valence-corrected chi connectivity index (χ1v) is 5.93. The fourth-order valence-corrected chi connectivity index (χ4v) is 1.77. The maximum atomic E-state index is 12.1. The van der Waals surface area contributed by atoms with E-state index in [1.54, 1.807) is 6.07 Å². The average Bonchev–Trinajstić information content (AvgIpc) is 2.37. The Morgan fingerprint density at radius 3 is 2.38 bits per heavy atom. The summed E-state index contributed by atoms with van der Waals surface area (Å²) in [5.41, 5.74) is 0.540. The fraction of sp³-hybridized carbons (Fsp3) is 0.500. The monoisotopic (exact) mass is 220 g/mol. The standard InChI is InChI=1S/C14H20O2/c1-4-11-8-7-9-12(10-11)13(15)14(16,5-2)6-3/h7-10,16H,4-6H2,1-3H3. The highest BCUT2D eigenvalue weighted by Crippen LogP contribution is 2.21. The highest BCUT2D eigenvalue weighted by atomic mass is 16.3. The molecule has 0 bridgehead atoms. The van der Waals surface area contributed by atoms with Crippen LogP contribution in [0.5, 0.6) is 0 Å². The van der Waals surface area contributed by atoms with E-state index in [4.69, 9.17) is 0 Å². The molecule has 1 aromatic carbocycles. The van der Waals surface area contributed by atoms with E-state index in [0.717, 1.165) is 12.0 Å². The van der Waals surface area contributed by atoms with Gasteiger partial charge in [-0.3, -0.25) is 4.79 Å². The zero-order chi connectivity index (χ0) is 12.2. The van der Waals surface area contributed by atoms with E-state index in [2.05, 4.69) is 6.92 Å². The van der Waals surface area contributed by atoms with Crippen LogP contribution in [-0.2, 0) is 6.42 Å². The zero-order valence-electron chi connectivity index (χ0n) is 10.3. The van der Waals surface area contributed by atoms with E-state index in [1.165, 1.54) is 0 Å². The van der Waals surface area contributed by atoms with Gasteiger partial charge < -0.3 is 5.11 Å². The van der Waals surface area contributed by atoms with Gasteiger partial charge in [-0.05, 0) is 30.9 Å². The van der Waals surface area contributed by atoms with Crippen LogP contribution in [0.15, 0.2) is 24.3 Å². The van der Waals surface area contributed by atoms with Gasteiger partial charge in [0.15, 0.2) is 5.78 Å². The molecule has 0 atom stereocenters. The van der Waals surface area contributed by atoms with Crippen molar-refractivity contribution < 1.29 is 9.90 Å². The molecule has 0 heterocycles. The molecule has 88 valence electrons. The largest absolute Gasteiger partial charge is 0.382 e. The molecule has 0 aliphatic carbocycles. The van der Waals surface area contributed by atoms with Crippen LogP contribution in [0.25, 0.3) is 0 Å². The summed E-state index contributed by atoms with van der Waals surface area (Å²) in [4.78, 5) is 12.1. The number of carbonyl (C=O) groups is 1. The number of Topliss-reactive ketones (excluding diaryl/α,β-unsaturated/α-hetero) is 1. The lowest BCUT2D eigenvalue weighted by atomic mass is 9.87. The van der Waals surface area contributed by atoms with Gasteiger partial charge in [-0.15, -0.1) is 0 Å². The minimum absolute atomic E-state index is 0.159. The van der Waals surface area contributed by atoms with Gasteiger partial charge in [0.1, 0.15) is 5.60 Å². The number of rotatable bonds is 5. The number of ketones is 1. The molecule has 0 radical (unpaired) electrons. The maximum absolute atomic E-state index is 12.1. The van der Waals surface area contributed by atoms with Crippen LogP contribution < -0.4 is 0 Å². The smallest absolute Gasteiger partial charge is 0.194 e. The molecule has 0 fully saturated rings. The molecule has 0 unspecified atom stereocenters. The molecule has 0 saturated carbocycles. The summed E-state index contributed by atoms with van der Waals surface area (Å²) in [5, 5.41) is 10.2.